The molecular weight excluding hydrogens is 158 g/mol. The van der Waals surface area contributed by atoms with Gasteiger partial charge in [0.15, 0.2) is 0 Å². The second-order valence-electron chi connectivity index (χ2n) is 3.37. The fraction of sp³-hybridized carbons (Fsp3) is 0.750. The summed E-state index contributed by atoms with van der Waals surface area (Å²) in [6.45, 7) is 2.06. The molecule has 0 aromatic rings. The number of carbonyl (C=O) groups excluding carboxylic acids is 1. The predicted molar refractivity (Wildman–Crippen MR) is 42.5 cm³/mol. The largest absolute Gasteiger partial charge is 0.481 e. The van der Waals surface area contributed by atoms with E-state index in [9.17, 15) is 9.59 Å². The van der Waals surface area contributed by atoms with Gasteiger partial charge in [0.2, 0.25) is 6.41 Å². The van der Waals surface area contributed by atoms with Crippen molar-refractivity contribution in [2.75, 3.05) is 0 Å². The quantitative estimate of drug-likeness (QED) is 0.582. The molecule has 1 aliphatic carbocycles. The molecule has 1 rings (SSSR count). The van der Waals surface area contributed by atoms with Gasteiger partial charge in [0.1, 0.15) is 0 Å². The van der Waals surface area contributed by atoms with Crippen LogP contribution in [0.5, 0.6) is 0 Å². The SMILES string of the molecule is CC1CC1[C@H](CC(=O)O)NC=O. The monoisotopic (exact) mass is 171 g/mol. The summed E-state index contributed by atoms with van der Waals surface area (Å²) in [6.07, 6.45) is 1.64. The minimum absolute atomic E-state index is 0.0355. The Hall–Kier alpha value is -1.06. The molecule has 0 aromatic heterocycles. The number of carboxylic acid groups (broad SMARTS) is 1. The standard InChI is InChI=1S/C8H13NO3/c1-5-2-6(5)7(9-4-10)3-8(11)12/h4-7H,2-3H2,1H3,(H,9,10)(H,11,12)/t5?,6?,7-/m0/s1. The molecule has 0 aliphatic heterocycles. The van der Waals surface area contributed by atoms with Gasteiger partial charge in [-0.3, -0.25) is 9.59 Å². The van der Waals surface area contributed by atoms with Gasteiger partial charge in [0, 0.05) is 6.04 Å². The lowest BCUT2D eigenvalue weighted by molar-refractivity contribution is -0.137. The lowest BCUT2D eigenvalue weighted by atomic mass is 10.1. The molecule has 12 heavy (non-hydrogen) atoms. The molecule has 1 fully saturated rings. The van der Waals surface area contributed by atoms with Crippen molar-refractivity contribution in [3.8, 4) is 0 Å². The fourth-order valence-corrected chi connectivity index (χ4v) is 1.52. The molecule has 0 aromatic carbocycles. The van der Waals surface area contributed by atoms with Crippen molar-refractivity contribution < 1.29 is 14.7 Å². The maximum absolute atomic E-state index is 10.4. The number of hydrogen-bond acceptors (Lipinski definition) is 2. The molecule has 2 unspecified atom stereocenters. The summed E-state index contributed by atoms with van der Waals surface area (Å²) in [5.74, 6) is 0.0709. The van der Waals surface area contributed by atoms with Crippen LogP contribution in [0.25, 0.3) is 0 Å². The van der Waals surface area contributed by atoms with Crippen LogP contribution >= 0.6 is 0 Å². The number of amides is 1. The van der Waals surface area contributed by atoms with E-state index in [1.165, 1.54) is 0 Å². The van der Waals surface area contributed by atoms with E-state index in [2.05, 4.69) is 12.2 Å². The Morgan fingerprint density at radius 2 is 2.42 bits per heavy atom. The third kappa shape index (κ3) is 2.22. The smallest absolute Gasteiger partial charge is 0.305 e. The summed E-state index contributed by atoms with van der Waals surface area (Å²) in [6, 6.07) is -0.171. The van der Waals surface area contributed by atoms with Crippen LogP contribution in [-0.4, -0.2) is 23.5 Å². The van der Waals surface area contributed by atoms with Gasteiger partial charge in [-0.1, -0.05) is 6.92 Å². The average Bonchev–Trinajstić information content (AvgIpc) is 2.65. The maximum Gasteiger partial charge on any atom is 0.305 e. The molecule has 4 heteroatoms. The van der Waals surface area contributed by atoms with E-state index in [-0.39, 0.29) is 12.5 Å². The number of aliphatic carboxylic acids is 1. The molecule has 0 saturated heterocycles. The lowest BCUT2D eigenvalue weighted by Gasteiger charge is -2.12. The van der Waals surface area contributed by atoms with E-state index >= 15 is 0 Å². The van der Waals surface area contributed by atoms with Gasteiger partial charge in [0.05, 0.1) is 6.42 Å². The Bertz CT molecular complexity index is 193. The number of hydrogen-bond donors (Lipinski definition) is 2. The van der Waals surface area contributed by atoms with Gasteiger partial charge in [0.25, 0.3) is 0 Å². The van der Waals surface area contributed by atoms with E-state index in [1.807, 2.05) is 0 Å². The highest BCUT2D eigenvalue weighted by atomic mass is 16.4. The second-order valence-corrected chi connectivity index (χ2v) is 3.37. The van der Waals surface area contributed by atoms with Crippen LogP contribution in [0.2, 0.25) is 0 Å². The van der Waals surface area contributed by atoms with E-state index in [0.717, 1.165) is 6.42 Å². The van der Waals surface area contributed by atoms with Gasteiger partial charge in [-0.25, -0.2) is 0 Å². The molecule has 0 heterocycles. The Morgan fingerprint density at radius 3 is 2.75 bits per heavy atom. The third-order valence-electron chi connectivity index (χ3n) is 2.37. The van der Waals surface area contributed by atoms with Crippen LogP contribution in [0.3, 0.4) is 0 Å². The first-order chi connectivity index (χ1) is 5.65. The summed E-state index contributed by atoms with van der Waals surface area (Å²) in [5, 5.41) is 11.1. The Labute approximate surface area is 71.0 Å². The molecule has 2 N–H and O–H groups in total. The first-order valence-electron chi connectivity index (χ1n) is 4.06. The normalized spacial score (nSPS) is 29.1. The third-order valence-corrected chi connectivity index (χ3v) is 2.37. The zero-order valence-corrected chi connectivity index (χ0v) is 6.99. The minimum Gasteiger partial charge on any atom is -0.481 e. The molecule has 3 atom stereocenters. The lowest BCUT2D eigenvalue weighted by Crippen LogP contribution is -2.32. The molecular formula is C8H13NO3. The van der Waals surface area contributed by atoms with Crippen LogP contribution in [0.15, 0.2) is 0 Å². The van der Waals surface area contributed by atoms with E-state index < -0.39 is 5.97 Å². The molecule has 1 aliphatic rings. The van der Waals surface area contributed by atoms with Gasteiger partial charge in [-0.2, -0.15) is 0 Å². The second kappa shape index (κ2) is 3.56. The van der Waals surface area contributed by atoms with Crippen LogP contribution < -0.4 is 5.32 Å². The zero-order valence-electron chi connectivity index (χ0n) is 6.99. The summed E-state index contributed by atoms with van der Waals surface area (Å²) >= 11 is 0. The summed E-state index contributed by atoms with van der Waals surface area (Å²) < 4.78 is 0. The molecule has 0 spiro atoms. The highest BCUT2D eigenvalue weighted by Crippen LogP contribution is 2.41. The van der Waals surface area contributed by atoms with Crippen molar-refractivity contribution in [3.63, 3.8) is 0 Å². The molecule has 0 bridgehead atoms. The number of rotatable bonds is 5. The topological polar surface area (TPSA) is 66.4 Å². The van der Waals surface area contributed by atoms with Crippen molar-refractivity contribution in [1.29, 1.82) is 0 Å². The van der Waals surface area contributed by atoms with E-state index in [0.29, 0.717) is 18.2 Å². The van der Waals surface area contributed by atoms with Gasteiger partial charge < -0.3 is 10.4 Å². The van der Waals surface area contributed by atoms with Gasteiger partial charge >= 0.3 is 5.97 Å². The van der Waals surface area contributed by atoms with Gasteiger partial charge in [-0.05, 0) is 18.3 Å². The summed E-state index contributed by atoms with van der Waals surface area (Å²) in [4.78, 5) is 20.5. The molecule has 0 radical (unpaired) electrons. The predicted octanol–water partition coefficient (Wildman–Crippen LogP) is 0.232. The van der Waals surface area contributed by atoms with Crippen molar-refractivity contribution in [1.82, 2.24) is 5.32 Å². The van der Waals surface area contributed by atoms with Crippen molar-refractivity contribution in [3.05, 3.63) is 0 Å². The number of nitrogens with one attached hydrogen (secondary N) is 1. The Kier molecular flexibility index (Phi) is 2.68. The van der Waals surface area contributed by atoms with Gasteiger partial charge in [-0.15, -0.1) is 0 Å². The Morgan fingerprint density at radius 1 is 1.83 bits per heavy atom. The molecule has 1 amide bonds. The fourth-order valence-electron chi connectivity index (χ4n) is 1.52. The minimum atomic E-state index is -0.853. The summed E-state index contributed by atoms with van der Waals surface area (Å²) in [5.41, 5.74) is 0. The van der Waals surface area contributed by atoms with Crippen molar-refractivity contribution >= 4 is 12.4 Å². The van der Waals surface area contributed by atoms with E-state index in [4.69, 9.17) is 5.11 Å². The summed E-state index contributed by atoms with van der Waals surface area (Å²) in [7, 11) is 0. The van der Waals surface area contributed by atoms with Crippen LogP contribution in [0, 0.1) is 11.8 Å². The number of carboxylic acids is 1. The average molecular weight is 171 g/mol. The molecule has 4 nitrogen and oxygen atoms in total. The maximum atomic E-state index is 10.4. The van der Waals surface area contributed by atoms with Crippen molar-refractivity contribution in [2.45, 2.75) is 25.8 Å². The van der Waals surface area contributed by atoms with Crippen LogP contribution in [0.4, 0.5) is 0 Å². The Balaban J connectivity index is 2.38. The first-order valence-corrected chi connectivity index (χ1v) is 4.06. The zero-order chi connectivity index (χ0) is 9.14. The number of carbonyl (C=O) groups is 2. The van der Waals surface area contributed by atoms with E-state index in [1.54, 1.807) is 0 Å². The highest BCUT2D eigenvalue weighted by molar-refractivity contribution is 5.68. The highest BCUT2D eigenvalue weighted by Gasteiger charge is 2.40. The molecule has 68 valence electrons. The van der Waals surface area contributed by atoms with Crippen molar-refractivity contribution in [2.24, 2.45) is 11.8 Å². The molecule has 1 saturated carbocycles. The van der Waals surface area contributed by atoms with Crippen LogP contribution in [0.1, 0.15) is 19.8 Å². The van der Waals surface area contributed by atoms with Crippen LogP contribution in [-0.2, 0) is 9.59 Å². The first kappa shape index (κ1) is 9.03.